The van der Waals surface area contributed by atoms with Gasteiger partial charge >= 0.3 is 0 Å². The van der Waals surface area contributed by atoms with Crippen LogP contribution in [-0.2, 0) is 0 Å². The van der Waals surface area contributed by atoms with Gasteiger partial charge < -0.3 is 0 Å². The fourth-order valence-electron chi connectivity index (χ4n) is 2.49. The second-order valence-electron chi connectivity index (χ2n) is 5.72. The van der Waals surface area contributed by atoms with Gasteiger partial charge in [-0.05, 0) is 54.0 Å². The maximum absolute atomic E-state index is 13.2. The first-order valence-electron chi connectivity index (χ1n) is 5.99. The summed E-state index contributed by atoms with van der Waals surface area (Å²) in [5, 5.41) is 0.0825. The first-order chi connectivity index (χ1) is 7.87. The highest BCUT2D eigenvalue weighted by molar-refractivity contribution is 6.22. The third-order valence-electron chi connectivity index (χ3n) is 3.33. The lowest BCUT2D eigenvalue weighted by Gasteiger charge is -2.32. The highest BCUT2D eigenvalue weighted by Crippen LogP contribution is 2.41. The van der Waals surface area contributed by atoms with Gasteiger partial charge in [-0.25, -0.2) is 4.39 Å². The second kappa shape index (κ2) is 4.45. The summed E-state index contributed by atoms with van der Waals surface area (Å²) in [6.07, 6.45) is 4.11. The van der Waals surface area contributed by atoms with Gasteiger partial charge in [0.2, 0.25) is 0 Å². The predicted octanol–water partition coefficient (Wildman–Crippen LogP) is 4.94. The van der Waals surface area contributed by atoms with Gasteiger partial charge in [0.05, 0.1) is 5.38 Å². The number of allylic oxidation sites excluding steroid dienone is 2. The van der Waals surface area contributed by atoms with Crippen LogP contribution in [0.1, 0.15) is 37.8 Å². The van der Waals surface area contributed by atoms with Crippen LogP contribution in [-0.4, -0.2) is 5.38 Å². The van der Waals surface area contributed by atoms with E-state index in [0.717, 1.165) is 18.4 Å². The maximum Gasteiger partial charge on any atom is 0.126 e. The molecule has 0 amide bonds. The van der Waals surface area contributed by atoms with E-state index < -0.39 is 0 Å². The van der Waals surface area contributed by atoms with Crippen molar-refractivity contribution in [3.8, 4) is 0 Å². The molecule has 0 saturated heterocycles. The van der Waals surface area contributed by atoms with Crippen molar-refractivity contribution in [3.63, 3.8) is 0 Å². The van der Waals surface area contributed by atoms with Crippen LogP contribution in [0, 0.1) is 18.2 Å². The van der Waals surface area contributed by atoms with Gasteiger partial charge in [0.1, 0.15) is 5.82 Å². The molecule has 1 aromatic rings. The summed E-state index contributed by atoms with van der Waals surface area (Å²) in [4.78, 5) is 0. The topological polar surface area (TPSA) is 0 Å². The van der Waals surface area contributed by atoms with Crippen LogP contribution in [0.15, 0.2) is 24.3 Å². The Balaban J connectivity index is 2.36. The van der Waals surface area contributed by atoms with Gasteiger partial charge in [-0.2, -0.15) is 0 Å². The van der Waals surface area contributed by atoms with Crippen LogP contribution in [0.25, 0.3) is 5.57 Å². The van der Waals surface area contributed by atoms with Crippen molar-refractivity contribution >= 4 is 17.2 Å². The molecule has 1 unspecified atom stereocenters. The van der Waals surface area contributed by atoms with Crippen molar-refractivity contribution < 1.29 is 4.39 Å². The van der Waals surface area contributed by atoms with E-state index >= 15 is 0 Å². The summed E-state index contributed by atoms with van der Waals surface area (Å²) < 4.78 is 13.2. The zero-order chi connectivity index (χ0) is 12.6. The molecule has 0 aromatic heterocycles. The van der Waals surface area contributed by atoms with Crippen molar-refractivity contribution in [2.24, 2.45) is 5.41 Å². The van der Waals surface area contributed by atoms with Gasteiger partial charge in [0.15, 0.2) is 0 Å². The molecule has 1 atom stereocenters. The molecule has 0 heterocycles. The molecule has 0 N–H and O–H groups in total. The summed E-state index contributed by atoms with van der Waals surface area (Å²) in [5.41, 5.74) is 3.25. The van der Waals surface area contributed by atoms with Crippen molar-refractivity contribution in [2.45, 2.75) is 39.0 Å². The molecular formula is C15H18ClF. The molecule has 0 saturated carbocycles. The van der Waals surface area contributed by atoms with E-state index in [1.807, 2.05) is 12.1 Å². The number of aryl methyl sites for hydroxylation is 1. The molecule has 1 aromatic carbocycles. The molecule has 0 bridgehead atoms. The minimum atomic E-state index is -0.146. The monoisotopic (exact) mass is 252 g/mol. The average molecular weight is 253 g/mol. The lowest BCUT2D eigenvalue weighted by molar-refractivity contribution is 0.340. The molecule has 2 heteroatoms. The zero-order valence-electron chi connectivity index (χ0n) is 10.6. The zero-order valence-corrected chi connectivity index (χ0v) is 11.3. The van der Waals surface area contributed by atoms with E-state index in [9.17, 15) is 4.39 Å². The van der Waals surface area contributed by atoms with Crippen molar-refractivity contribution in [1.29, 1.82) is 0 Å². The number of rotatable bonds is 1. The van der Waals surface area contributed by atoms with Crippen molar-refractivity contribution in [1.82, 2.24) is 0 Å². The highest BCUT2D eigenvalue weighted by Gasteiger charge is 2.28. The molecule has 0 radical (unpaired) electrons. The van der Waals surface area contributed by atoms with E-state index in [1.54, 1.807) is 6.92 Å². The van der Waals surface area contributed by atoms with E-state index in [-0.39, 0.29) is 16.6 Å². The van der Waals surface area contributed by atoms with E-state index in [1.165, 1.54) is 11.6 Å². The SMILES string of the molecule is Cc1cc(C2=CC(Cl)CC(C)(C)C2)ccc1F. The predicted molar refractivity (Wildman–Crippen MR) is 71.8 cm³/mol. The molecule has 0 aliphatic heterocycles. The van der Waals surface area contributed by atoms with E-state index in [2.05, 4.69) is 19.9 Å². The van der Waals surface area contributed by atoms with Crippen molar-refractivity contribution in [3.05, 3.63) is 41.2 Å². The van der Waals surface area contributed by atoms with Gasteiger partial charge in [-0.3, -0.25) is 0 Å². The highest BCUT2D eigenvalue weighted by atomic mass is 35.5. The largest absolute Gasteiger partial charge is 0.207 e. The molecule has 0 nitrogen and oxygen atoms in total. The third-order valence-corrected chi connectivity index (χ3v) is 3.61. The number of halogens is 2. The molecule has 0 spiro atoms. The fourth-order valence-corrected chi connectivity index (χ4v) is 3.06. The van der Waals surface area contributed by atoms with Crippen LogP contribution in [0.4, 0.5) is 4.39 Å². The number of hydrogen-bond donors (Lipinski definition) is 0. The van der Waals surface area contributed by atoms with Gasteiger partial charge in [0.25, 0.3) is 0 Å². The quantitative estimate of drug-likeness (QED) is 0.621. The van der Waals surface area contributed by atoms with E-state index in [4.69, 9.17) is 11.6 Å². The summed E-state index contributed by atoms with van der Waals surface area (Å²) in [6, 6.07) is 5.29. The molecular weight excluding hydrogens is 235 g/mol. The summed E-state index contributed by atoms with van der Waals surface area (Å²) >= 11 is 6.27. The Kier molecular flexibility index (Phi) is 3.31. The second-order valence-corrected chi connectivity index (χ2v) is 6.28. The van der Waals surface area contributed by atoms with Crippen LogP contribution in [0.2, 0.25) is 0 Å². The number of alkyl halides is 1. The van der Waals surface area contributed by atoms with Crippen molar-refractivity contribution in [2.75, 3.05) is 0 Å². The lowest BCUT2D eigenvalue weighted by Crippen LogP contribution is -2.21. The summed E-state index contributed by atoms with van der Waals surface area (Å²) in [6.45, 7) is 6.25. The smallest absolute Gasteiger partial charge is 0.126 e. The third kappa shape index (κ3) is 2.90. The summed E-state index contributed by atoms with van der Waals surface area (Å²) in [7, 11) is 0. The summed E-state index contributed by atoms with van der Waals surface area (Å²) in [5.74, 6) is -0.146. The van der Waals surface area contributed by atoms with Crippen LogP contribution in [0.5, 0.6) is 0 Å². The molecule has 17 heavy (non-hydrogen) atoms. The minimum Gasteiger partial charge on any atom is -0.207 e. The Hall–Kier alpha value is -0.820. The average Bonchev–Trinajstić information content (AvgIpc) is 2.19. The molecule has 1 aliphatic rings. The van der Waals surface area contributed by atoms with Gasteiger partial charge in [0, 0.05) is 0 Å². The number of hydrogen-bond acceptors (Lipinski definition) is 0. The fraction of sp³-hybridized carbons (Fsp3) is 0.467. The normalized spacial score (nSPS) is 23.4. The molecule has 92 valence electrons. The first-order valence-corrected chi connectivity index (χ1v) is 6.42. The lowest BCUT2D eigenvalue weighted by atomic mass is 9.75. The minimum absolute atomic E-state index is 0.0825. The molecule has 2 rings (SSSR count). The maximum atomic E-state index is 13.2. The Morgan fingerprint density at radius 1 is 1.35 bits per heavy atom. The first kappa shape index (κ1) is 12.6. The van der Waals surface area contributed by atoms with Crippen LogP contribution in [0.3, 0.4) is 0 Å². The Labute approximate surface area is 107 Å². The Morgan fingerprint density at radius 3 is 2.65 bits per heavy atom. The van der Waals surface area contributed by atoms with Gasteiger partial charge in [-0.1, -0.05) is 26.0 Å². The van der Waals surface area contributed by atoms with E-state index in [0.29, 0.717) is 5.56 Å². The Bertz CT molecular complexity index is 460. The van der Waals surface area contributed by atoms with Crippen LogP contribution >= 0.6 is 11.6 Å². The molecule has 1 aliphatic carbocycles. The number of benzene rings is 1. The molecule has 0 fully saturated rings. The van der Waals surface area contributed by atoms with Gasteiger partial charge in [-0.15, -0.1) is 11.6 Å². The standard InChI is InChI=1S/C15H18ClF/c1-10-6-11(4-5-14(10)17)12-7-13(16)9-15(2,3)8-12/h4-7,13H,8-9H2,1-3H3. The Morgan fingerprint density at radius 2 is 2.06 bits per heavy atom. The van der Waals surface area contributed by atoms with Crippen LogP contribution < -0.4 is 0 Å².